The fourth-order valence-electron chi connectivity index (χ4n) is 11.7. The highest BCUT2D eigenvalue weighted by Gasteiger charge is 2.69. The van der Waals surface area contributed by atoms with Crippen LogP contribution in [0.4, 0.5) is 0 Å². The van der Waals surface area contributed by atoms with Gasteiger partial charge in [0.15, 0.2) is 12.1 Å². The van der Waals surface area contributed by atoms with Gasteiger partial charge in [-0.2, -0.15) is 0 Å². The molecule has 1 spiro atoms. The summed E-state index contributed by atoms with van der Waals surface area (Å²) in [4.78, 5) is 0. The van der Waals surface area contributed by atoms with E-state index < -0.39 is 37.3 Å². The monoisotopic (exact) mass is 578 g/mol. The van der Waals surface area contributed by atoms with Crippen molar-refractivity contribution in [3.05, 3.63) is 0 Å². The van der Waals surface area contributed by atoms with Crippen LogP contribution in [0.5, 0.6) is 0 Å². The first-order valence-corrected chi connectivity index (χ1v) is 16.8. The molecule has 8 heteroatoms. The van der Waals surface area contributed by atoms with Gasteiger partial charge < -0.3 is 39.4 Å². The summed E-state index contributed by atoms with van der Waals surface area (Å²) in [6.07, 6.45) is 5.64. The number of fused-ring (bicyclic) bond motifs is 7. The third kappa shape index (κ3) is 4.36. The van der Waals surface area contributed by atoms with Crippen LogP contribution in [0.1, 0.15) is 91.9 Å². The van der Waals surface area contributed by atoms with Gasteiger partial charge in [0.05, 0.1) is 25.4 Å². The first-order chi connectivity index (χ1) is 19.5. The minimum Gasteiger partial charge on any atom is -0.394 e. The van der Waals surface area contributed by atoms with Gasteiger partial charge in [0.1, 0.15) is 24.4 Å². The molecule has 0 aromatic rings. The maximum atomic E-state index is 10.5. The van der Waals surface area contributed by atoms with E-state index in [0.29, 0.717) is 35.2 Å². The van der Waals surface area contributed by atoms with E-state index in [-0.39, 0.29) is 17.3 Å². The number of aliphatic hydroxyl groups is 4. The average Bonchev–Trinajstić information content (AvgIpc) is 3.40. The Morgan fingerprint density at radius 3 is 2.34 bits per heavy atom. The van der Waals surface area contributed by atoms with Gasteiger partial charge in [-0.3, -0.25) is 0 Å². The Morgan fingerprint density at radius 2 is 1.61 bits per heavy atom. The molecule has 0 bridgehead atoms. The minimum absolute atomic E-state index is 0.0607. The lowest BCUT2D eigenvalue weighted by Crippen LogP contribution is -2.60. The zero-order valence-electron chi connectivity index (χ0n) is 25.5. The summed E-state index contributed by atoms with van der Waals surface area (Å²) >= 11 is 0. The Morgan fingerprint density at radius 1 is 0.829 bits per heavy atom. The Balaban J connectivity index is 1.03. The fourth-order valence-corrected chi connectivity index (χ4v) is 11.7. The molecule has 3 aliphatic heterocycles. The normalized spacial score (nSPS) is 60.3. The quantitative estimate of drug-likeness (QED) is 0.375. The molecule has 4 N–H and O–H groups in total. The third-order valence-corrected chi connectivity index (χ3v) is 14.1. The predicted molar refractivity (Wildman–Crippen MR) is 150 cm³/mol. The molecular weight excluding hydrogens is 524 g/mol. The van der Waals surface area contributed by atoms with E-state index in [4.69, 9.17) is 18.9 Å². The van der Waals surface area contributed by atoms with Gasteiger partial charge in [0.25, 0.3) is 0 Å². The summed E-state index contributed by atoms with van der Waals surface area (Å²) in [6, 6.07) is 0. The molecule has 7 aliphatic rings. The van der Waals surface area contributed by atoms with Crippen LogP contribution >= 0.6 is 0 Å². The summed E-state index contributed by atoms with van der Waals surface area (Å²) in [5.41, 5.74) is 0.612. The van der Waals surface area contributed by atoms with Crippen LogP contribution in [-0.4, -0.2) is 82.3 Å². The van der Waals surface area contributed by atoms with E-state index in [9.17, 15) is 20.4 Å². The second kappa shape index (κ2) is 10.4. The van der Waals surface area contributed by atoms with E-state index in [0.717, 1.165) is 50.0 Å². The average molecular weight is 579 g/mol. The summed E-state index contributed by atoms with van der Waals surface area (Å²) in [5.74, 6) is 4.08. The molecule has 234 valence electrons. The summed E-state index contributed by atoms with van der Waals surface area (Å²) < 4.78 is 25.4. The molecule has 0 aromatic carbocycles. The molecule has 41 heavy (non-hydrogen) atoms. The van der Waals surface area contributed by atoms with Crippen molar-refractivity contribution in [1.82, 2.24) is 0 Å². The van der Waals surface area contributed by atoms with Crippen LogP contribution in [0, 0.1) is 52.3 Å². The zero-order valence-corrected chi connectivity index (χ0v) is 25.5. The Bertz CT molecular complexity index is 967. The van der Waals surface area contributed by atoms with Gasteiger partial charge >= 0.3 is 0 Å². The summed E-state index contributed by atoms with van der Waals surface area (Å²) in [6.45, 7) is 10.3. The molecule has 4 saturated carbocycles. The molecule has 7 fully saturated rings. The minimum atomic E-state index is -1.40. The molecule has 4 aliphatic carbocycles. The van der Waals surface area contributed by atoms with Crippen molar-refractivity contribution in [1.29, 1.82) is 0 Å². The zero-order chi connectivity index (χ0) is 28.9. The van der Waals surface area contributed by atoms with Gasteiger partial charge in [0, 0.05) is 12.3 Å². The smallest absolute Gasteiger partial charge is 0.186 e. The van der Waals surface area contributed by atoms with Crippen molar-refractivity contribution in [2.75, 3.05) is 13.2 Å². The van der Waals surface area contributed by atoms with Gasteiger partial charge in [-0.25, -0.2) is 0 Å². The molecule has 3 heterocycles. The first kappa shape index (κ1) is 29.4. The van der Waals surface area contributed by atoms with Gasteiger partial charge in [-0.1, -0.05) is 27.7 Å². The van der Waals surface area contributed by atoms with Gasteiger partial charge in [-0.05, 0) is 104 Å². The lowest BCUT2D eigenvalue weighted by molar-refractivity contribution is -0.316. The lowest BCUT2D eigenvalue weighted by Gasteiger charge is -2.61. The molecule has 0 radical (unpaired) electrons. The Kier molecular flexibility index (Phi) is 7.43. The lowest BCUT2D eigenvalue weighted by atomic mass is 9.44. The number of hydrogen-bond acceptors (Lipinski definition) is 8. The number of aliphatic hydroxyl groups excluding tert-OH is 4. The van der Waals surface area contributed by atoms with Crippen molar-refractivity contribution in [2.24, 2.45) is 52.3 Å². The van der Waals surface area contributed by atoms with Crippen LogP contribution in [0.15, 0.2) is 0 Å². The topological polar surface area (TPSA) is 118 Å². The third-order valence-electron chi connectivity index (χ3n) is 14.1. The van der Waals surface area contributed by atoms with Crippen LogP contribution in [-0.2, 0) is 18.9 Å². The van der Waals surface area contributed by atoms with Crippen LogP contribution in [0.2, 0.25) is 0 Å². The van der Waals surface area contributed by atoms with Crippen molar-refractivity contribution in [3.63, 3.8) is 0 Å². The van der Waals surface area contributed by atoms with Crippen LogP contribution in [0.25, 0.3) is 0 Å². The highest BCUT2D eigenvalue weighted by molar-refractivity contribution is 5.15. The van der Waals surface area contributed by atoms with Crippen molar-refractivity contribution in [3.8, 4) is 0 Å². The van der Waals surface area contributed by atoms with Crippen LogP contribution in [0.3, 0.4) is 0 Å². The van der Waals surface area contributed by atoms with Crippen molar-refractivity contribution >= 4 is 0 Å². The van der Waals surface area contributed by atoms with Crippen LogP contribution < -0.4 is 0 Å². The second-order valence-electron chi connectivity index (χ2n) is 15.9. The SMILES string of the molecule is C[C@@H]1CC[C@@]2(OC1)O[C@H]1C[C@H]3[C@@H]4CC[C@H]5C[C@@H](O[C@H]6O[C@H](CO)[C@@H](O)[C@H](O)[C@H]6O)CC[C@]5(C)[C@H]4CC[C@]3(C)[C@H]1[C@@H]2C. The van der Waals surface area contributed by atoms with Crippen molar-refractivity contribution < 1.29 is 39.4 Å². The molecule has 0 unspecified atom stereocenters. The molecule has 3 saturated heterocycles. The molecule has 17 atom stereocenters. The molecule has 7 rings (SSSR count). The second-order valence-corrected chi connectivity index (χ2v) is 15.9. The number of hydrogen-bond donors (Lipinski definition) is 4. The Hall–Kier alpha value is -0.320. The molecule has 0 aromatic heterocycles. The fraction of sp³-hybridized carbons (Fsp3) is 1.00. The van der Waals surface area contributed by atoms with E-state index in [2.05, 4.69) is 27.7 Å². The standard InChI is InChI=1S/C33H54O8/c1-17-7-12-33(38-16-17)18(2)26-24(41-33)14-23-21-6-5-19-13-20(8-10-31(19,3)22(21)9-11-32(23,26)4)39-30-29(37)28(36)27(35)25(15-34)40-30/h17-30,34-37H,5-16H2,1-4H3/t17-,18+,19+,20+,21-,22+,23+,24+,25-,26+,27-,28+,29-,30+,31+,32+,33-/m1/s1. The molecular formula is C33H54O8. The predicted octanol–water partition coefficient (Wildman–Crippen LogP) is 3.62. The highest BCUT2D eigenvalue weighted by atomic mass is 16.7. The van der Waals surface area contributed by atoms with E-state index in [1.807, 2.05) is 0 Å². The molecule has 8 nitrogen and oxygen atoms in total. The number of ether oxygens (including phenoxy) is 4. The van der Waals surface area contributed by atoms with Gasteiger partial charge in [-0.15, -0.1) is 0 Å². The van der Waals surface area contributed by atoms with E-state index in [1.165, 1.54) is 38.5 Å². The van der Waals surface area contributed by atoms with Gasteiger partial charge in [0.2, 0.25) is 0 Å². The number of rotatable bonds is 3. The summed E-state index contributed by atoms with van der Waals surface area (Å²) in [5, 5.41) is 40.4. The molecule has 0 amide bonds. The maximum Gasteiger partial charge on any atom is 0.186 e. The Labute approximate surface area is 245 Å². The van der Waals surface area contributed by atoms with Crippen molar-refractivity contribution in [2.45, 2.75) is 141 Å². The van der Waals surface area contributed by atoms with E-state index >= 15 is 0 Å². The largest absolute Gasteiger partial charge is 0.394 e. The van der Waals surface area contributed by atoms with E-state index in [1.54, 1.807) is 0 Å². The highest BCUT2D eigenvalue weighted by Crippen LogP contribution is 2.71. The maximum absolute atomic E-state index is 10.5. The first-order valence-electron chi connectivity index (χ1n) is 16.8. The summed E-state index contributed by atoms with van der Waals surface area (Å²) in [7, 11) is 0.